The van der Waals surface area contributed by atoms with Crippen LogP contribution in [-0.4, -0.2) is 70.3 Å². The number of allylic oxidation sites excluding steroid dienone is 1. The van der Waals surface area contributed by atoms with E-state index < -0.39 is 23.0 Å². The van der Waals surface area contributed by atoms with Crippen LogP contribution in [0.15, 0.2) is 89.1 Å². The van der Waals surface area contributed by atoms with Gasteiger partial charge in [-0.25, -0.2) is 9.79 Å². The number of anilines is 1. The highest BCUT2D eigenvalue weighted by atomic mass is 32.1. The second-order valence-electron chi connectivity index (χ2n) is 9.99. The lowest BCUT2D eigenvalue weighted by molar-refractivity contribution is -0.384. The number of aliphatic imine (C=N–C) groups is 1. The Bertz CT molecular complexity index is 1660. The second kappa shape index (κ2) is 15.9. The molecule has 2 unspecified atom stereocenters. The van der Waals surface area contributed by atoms with Crippen LogP contribution in [0.25, 0.3) is 0 Å². The van der Waals surface area contributed by atoms with Crippen molar-refractivity contribution in [3.8, 4) is 11.5 Å². The van der Waals surface area contributed by atoms with Crippen LogP contribution in [0.3, 0.4) is 0 Å². The van der Waals surface area contributed by atoms with Gasteiger partial charge < -0.3 is 34.9 Å². The molecule has 1 heterocycles. The summed E-state index contributed by atoms with van der Waals surface area (Å²) in [5.41, 5.74) is 2.54. The number of para-hydroxylation sites is 2. The smallest absolute Gasteiger partial charge is 0.338 e. The molecular formula is C32H33N5O7S2. The highest BCUT2D eigenvalue weighted by molar-refractivity contribution is 7.80. The van der Waals surface area contributed by atoms with E-state index in [1.807, 2.05) is 24.3 Å². The van der Waals surface area contributed by atoms with Gasteiger partial charge in [-0.1, -0.05) is 24.3 Å². The quantitative estimate of drug-likeness (QED) is 0.0794. The van der Waals surface area contributed by atoms with Gasteiger partial charge in [0.15, 0.2) is 10.2 Å². The number of aliphatic hydroxyl groups excluding tert-OH is 1. The fourth-order valence-corrected chi connectivity index (χ4v) is 5.17. The minimum atomic E-state index is -0.993. The molecule has 3 aromatic rings. The topological polar surface area (TPSA) is 148 Å². The highest BCUT2D eigenvalue weighted by Gasteiger charge is 2.36. The summed E-state index contributed by atoms with van der Waals surface area (Å²) in [6, 6.07) is 19.6. The van der Waals surface area contributed by atoms with Crippen LogP contribution < -0.4 is 20.1 Å². The van der Waals surface area contributed by atoms with Crippen molar-refractivity contribution in [1.29, 1.82) is 0 Å². The third-order valence-electron chi connectivity index (χ3n) is 6.90. The molecule has 0 aliphatic carbocycles. The number of nitro benzene ring substituents is 1. The lowest BCUT2D eigenvalue weighted by Crippen LogP contribution is -2.50. The van der Waals surface area contributed by atoms with Gasteiger partial charge in [0, 0.05) is 24.0 Å². The van der Waals surface area contributed by atoms with E-state index in [9.17, 15) is 20.0 Å². The number of ether oxygens (including phenoxy) is 3. The third-order valence-corrected chi connectivity index (χ3v) is 7.45. The molecule has 240 valence electrons. The summed E-state index contributed by atoms with van der Waals surface area (Å²) in [5.74, 6) is 0.579. The molecule has 0 spiro atoms. The molecule has 1 aliphatic rings. The van der Waals surface area contributed by atoms with Gasteiger partial charge in [-0.15, -0.1) is 0 Å². The van der Waals surface area contributed by atoms with Crippen LogP contribution in [0.1, 0.15) is 31.0 Å². The number of aliphatic hydroxyl groups is 1. The summed E-state index contributed by atoms with van der Waals surface area (Å²) in [6.45, 7) is 3.47. The van der Waals surface area contributed by atoms with Crippen molar-refractivity contribution in [1.82, 2.24) is 10.2 Å². The van der Waals surface area contributed by atoms with Crippen LogP contribution in [0.4, 0.5) is 11.4 Å². The fourth-order valence-electron chi connectivity index (χ4n) is 4.68. The van der Waals surface area contributed by atoms with E-state index in [0.29, 0.717) is 28.4 Å². The van der Waals surface area contributed by atoms with Crippen molar-refractivity contribution < 1.29 is 29.0 Å². The van der Waals surface area contributed by atoms with Crippen LogP contribution in [0.5, 0.6) is 11.5 Å². The zero-order valence-corrected chi connectivity index (χ0v) is 27.0. The molecular weight excluding hydrogens is 631 g/mol. The molecule has 0 bridgehead atoms. The molecule has 4 rings (SSSR count). The Labute approximate surface area is 276 Å². The average Bonchev–Trinajstić information content (AvgIpc) is 3.05. The van der Waals surface area contributed by atoms with Crippen LogP contribution in [0.2, 0.25) is 0 Å². The summed E-state index contributed by atoms with van der Waals surface area (Å²) >= 11 is 10.9. The number of carbonyl (C=O) groups excluding carboxylic acids is 1. The minimum absolute atomic E-state index is 0.0175. The largest absolute Gasteiger partial charge is 0.495 e. The maximum atomic E-state index is 13.0. The summed E-state index contributed by atoms with van der Waals surface area (Å²) in [5, 5.41) is 28.8. The molecule has 0 radical (unpaired) electrons. The number of non-ortho nitro benzene ring substituents is 1. The summed E-state index contributed by atoms with van der Waals surface area (Å²) in [7, 11) is 1.58. The van der Waals surface area contributed by atoms with Crippen molar-refractivity contribution in [2.45, 2.75) is 26.0 Å². The number of β-amino-alcohol motifs (C(OH)–C–C–N with tert-alkyl or cyclic N) is 1. The number of hydrogen-bond donors (Lipinski definition) is 3. The fraction of sp³-hybridized carbons (Fsp3) is 0.250. The summed E-state index contributed by atoms with van der Waals surface area (Å²) in [6.07, 6.45) is 0.623. The molecule has 0 fully saturated rings. The van der Waals surface area contributed by atoms with Gasteiger partial charge in [0.1, 0.15) is 24.2 Å². The molecule has 1 aliphatic heterocycles. The van der Waals surface area contributed by atoms with Crippen molar-refractivity contribution in [3.63, 3.8) is 0 Å². The number of nitrogens with one attached hydrogen (secondary N) is 2. The van der Waals surface area contributed by atoms with Crippen molar-refractivity contribution in [2.75, 3.05) is 32.2 Å². The first kappa shape index (κ1) is 34.0. The lowest BCUT2D eigenvalue weighted by atomic mass is 9.94. The Kier molecular flexibility index (Phi) is 11.7. The maximum absolute atomic E-state index is 13.0. The van der Waals surface area contributed by atoms with E-state index >= 15 is 0 Å². The molecule has 12 nitrogen and oxygen atoms in total. The lowest BCUT2D eigenvalue weighted by Gasteiger charge is -2.38. The standard InChI is InChI=1S/C32H33N5O7S2/c1-4-43-30(39)28-20(2)36(32(46)35-29(28)22-8-7-9-23(16-22)37(40)41)18-24(38)19-44-25-14-12-21(13-15-25)17-33-31(45)34-26-10-5-6-11-27(26)42-3/h5-17,24,29,38H,4,18-19H2,1-3H3,(H,34,45)(H,35,46)/b33-17+. The first-order chi connectivity index (χ1) is 22.1. The average molecular weight is 664 g/mol. The van der Waals surface area contributed by atoms with Gasteiger partial charge in [0.25, 0.3) is 5.69 Å². The van der Waals surface area contributed by atoms with Crippen molar-refractivity contribution >= 4 is 58.2 Å². The Morgan fingerprint density at radius 2 is 1.93 bits per heavy atom. The molecule has 0 saturated carbocycles. The molecule has 3 N–H and O–H groups in total. The zero-order valence-electron chi connectivity index (χ0n) is 25.3. The summed E-state index contributed by atoms with van der Waals surface area (Å²) in [4.78, 5) is 29.8. The number of benzene rings is 3. The number of nitrogens with zero attached hydrogens (tertiary/aromatic N) is 3. The SMILES string of the molecule is CCOC(=O)C1=C(C)N(CC(O)COc2ccc(/C=N/C(=S)Nc3ccccc3OC)cc2)C(=S)NC1c1cccc([N+](=O)[O-])c1. The van der Waals surface area contributed by atoms with Gasteiger partial charge in [-0.2, -0.15) is 0 Å². The Morgan fingerprint density at radius 3 is 2.63 bits per heavy atom. The monoisotopic (exact) mass is 663 g/mol. The Hall–Kier alpha value is -4.92. The number of nitro groups is 1. The molecule has 14 heteroatoms. The van der Waals surface area contributed by atoms with Gasteiger partial charge >= 0.3 is 5.97 Å². The second-order valence-corrected chi connectivity index (χ2v) is 10.8. The van der Waals surface area contributed by atoms with Gasteiger partial charge in [-0.05, 0) is 85.8 Å². The zero-order chi connectivity index (χ0) is 33.2. The Balaban J connectivity index is 1.39. The molecule has 0 aromatic heterocycles. The van der Waals surface area contributed by atoms with E-state index in [2.05, 4.69) is 15.6 Å². The third kappa shape index (κ3) is 8.62. The number of methoxy groups -OCH3 is 1. The van der Waals surface area contributed by atoms with E-state index in [-0.39, 0.29) is 41.2 Å². The Morgan fingerprint density at radius 1 is 1.20 bits per heavy atom. The summed E-state index contributed by atoms with van der Waals surface area (Å²) < 4.78 is 16.4. The highest BCUT2D eigenvalue weighted by Crippen LogP contribution is 2.33. The minimum Gasteiger partial charge on any atom is -0.495 e. The van der Waals surface area contributed by atoms with Gasteiger partial charge in [0.2, 0.25) is 0 Å². The predicted molar refractivity (Wildman–Crippen MR) is 182 cm³/mol. The first-order valence-corrected chi connectivity index (χ1v) is 15.0. The number of thiocarbonyl (C=S) groups is 2. The number of esters is 1. The molecule has 3 aromatic carbocycles. The molecule has 0 saturated heterocycles. The van der Waals surface area contributed by atoms with E-state index in [4.69, 9.17) is 38.6 Å². The van der Waals surface area contributed by atoms with E-state index in [0.717, 1.165) is 5.56 Å². The maximum Gasteiger partial charge on any atom is 0.338 e. The van der Waals surface area contributed by atoms with E-state index in [1.165, 1.54) is 12.1 Å². The van der Waals surface area contributed by atoms with Gasteiger partial charge in [-0.3, -0.25) is 10.1 Å². The normalized spacial score (nSPS) is 15.3. The number of carbonyl (C=O) groups is 1. The predicted octanol–water partition coefficient (Wildman–Crippen LogP) is 4.93. The number of hydrogen-bond acceptors (Lipinski definition) is 9. The molecule has 46 heavy (non-hydrogen) atoms. The van der Waals surface area contributed by atoms with E-state index in [1.54, 1.807) is 68.5 Å². The van der Waals surface area contributed by atoms with Gasteiger partial charge in [0.05, 0.1) is 42.5 Å². The van der Waals surface area contributed by atoms with Crippen LogP contribution in [0, 0.1) is 10.1 Å². The molecule has 0 amide bonds. The number of rotatable bonds is 12. The van der Waals surface area contributed by atoms with Crippen LogP contribution in [-0.2, 0) is 9.53 Å². The van der Waals surface area contributed by atoms with Crippen molar-refractivity contribution in [3.05, 3.63) is 105 Å². The van der Waals surface area contributed by atoms with Crippen molar-refractivity contribution in [2.24, 2.45) is 4.99 Å². The first-order valence-electron chi connectivity index (χ1n) is 14.2. The molecule has 2 atom stereocenters. The van der Waals surface area contributed by atoms with Crippen LogP contribution >= 0.6 is 24.4 Å².